The van der Waals surface area contributed by atoms with E-state index in [0.717, 1.165) is 18.5 Å². The van der Waals surface area contributed by atoms with E-state index in [4.69, 9.17) is 0 Å². The number of rotatable bonds is 5. The lowest BCUT2D eigenvalue weighted by atomic mass is 10.2. The third-order valence-electron chi connectivity index (χ3n) is 3.31. The Morgan fingerprint density at radius 2 is 2.27 bits per heavy atom. The number of aromatic nitrogens is 2. The van der Waals surface area contributed by atoms with Crippen LogP contribution in [-0.2, 0) is 0 Å². The molecule has 1 amide bonds. The van der Waals surface area contributed by atoms with Crippen molar-refractivity contribution in [2.24, 2.45) is 5.10 Å². The van der Waals surface area contributed by atoms with Crippen LogP contribution >= 0.6 is 0 Å². The van der Waals surface area contributed by atoms with Gasteiger partial charge in [-0.3, -0.25) is 20.0 Å². The number of nitro groups is 1. The summed E-state index contributed by atoms with van der Waals surface area (Å²) in [6, 6.07) is 7.68. The molecule has 0 saturated heterocycles. The highest BCUT2D eigenvalue weighted by Crippen LogP contribution is 2.38. The molecule has 8 nitrogen and oxygen atoms in total. The van der Waals surface area contributed by atoms with E-state index in [1.807, 2.05) is 0 Å². The number of H-pyrrole nitrogens is 1. The largest absolute Gasteiger partial charge is 0.291 e. The number of benzene rings is 1. The normalized spacial score (nSPS) is 14.2. The molecule has 0 bridgehead atoms. The molecule has 1 aromatic heterocycles. The van der Waals surface area contributed by atoms with Crippen LogP contribution in [0.5, 0.6) is 0 Å². The predicted octanol–water partition coefficient (Wildman–Crippen LogP) is 1.96. The number of hydrazone groups is 1. The molecule has 1 saturated carbocycles. The molecule has 1 fully saturated rings. The molecule has 2 aromatic rings. The van der Waals surface area contributed by atoms with Crippen LogP contribution in [0.15, 0.2) is 35.4 Å². The molecule has 1 aromatic carbocycles. The van der Waals surface area contributed by atoms with Crippen LogP contribution in [0.4, 0.5) is 5.69 Å². The molecule has 0 aliphatic heterocycles. The Labute approximate surface area is 125 Å². The van der Waals surface area contributed by atoms with Gasteiger partial charge in [0.25, 0.3) is 11.6 Å². The molecule has 1 heterocycles. The van der Waals surface area contributed by atoms with Crippen LogP contribution < -0.4 is 5.43 Å². The van der Waals surface area contributed by atoms with E-state index in [2.05, 4.69) is 20.7 Å². The summed E-state index contributed by atoms with van der Waals surface area (Å²) in [5, 5.41) is 21.2. The van der Waals surface area contributed by atoms with Gasteiger partial charge in [-0.15, -0.1) is 0 Å². The van der Waals surface area contributed by atoms with Crippen molar-refractivity contribution in [1.82, 2.24) is 15.6 Å². The zero-order valence-corrected chi connectivity index (χ0v) is 11.5. The molecule has 22 heavy (non-hydrogen) atoms. The zero-order valence-electron chi connectivity index (χ0n) is 11.5. The van der Waals surface area contributed by atoms with Crippen molar-refractivity contribution in [2.75, 3.05) is 0 Å². The zero-order chi connectivity index (χ0) is 15.5. The summed E-state index contributed by atoms with van der Waals surface area (Å²) in [6.07, 6.45) is 3.59. The Hall–Kier alpha value is -3.03. The van der Waals surface area contributed by atoms with Gasteiger partial charge in [-0.2, -0.15) is 10.2 Å². The van der Waals surface area contributed by atoms with Crippen LogP contribution in [0.1, 0.15) is 40.5 Å². The van der Waals surface area contributed by atoms with Crippen LogP contribution in [-0.4, -0.2) is 27.2 Å². The average Bonchev–Trinajstić information content (AvgIpc) is 3.24. The molecule has 2 N–H and O–H groups in total. The summed E-state index contributed by atoms with van der Waals surface area (Å²) in [6.45, 7) is 0. The molecular weight excluding hydrogens is 286 g/mol. The lowest BCUT2D eigenvalue weighted by Gasteiger charge is -1.96. The maximum Gasteiger partial charge on any atom is 0.291 e. The molecule has 8 heteroatoms. The van der Waals surface area contributed by atoms with Gasteiger partial charge in [0.15, 0.2) is 5.69 Å². The molecule has 0 unspecified atom stereocenters. The summed E-state index contributed by atoms with van der Waals surface area (Å²) in [5.74, 6) is 0.0623. The number of carbonyl (C=O) groups is 1. The minimum absolute atomic E-state index is 0.0309. The quantitative estimate of drug-likeness (QED) is 0.499. The van der Waals surface area contributed by atoms with Crippen LogP contribution in [0, 0.1) is 10.1 Å². The van der Waals surface area contributed by atoms with E-state index in [1.165, 1.54) is 18.3 Å². The number of nitrogens with one attached hydrogen (secondary N) is 2. The van der Waals surface area contributed by atoms with Gasteiger partial charge in [0.1, 0.15) is 0 Å². The number of non-ortho nitro benzene ring substituents is 1. The molecule has 0 spiro atoms. The van der Waals surface area contributed by atoms with Crippen molar-refractivity contribution < 1.29 is 9.72 Å². The van der Waals surface area contributed by atoms with Crippen molar-refractivity contribution in [1.29, 1.82) is 0 Å². The predicted molar refractivity (Wildman–Crippen MR) is 78.7 cm³/mol. The van der Waals surface area contributed by atoms with Gasteiger partial charge in [-0.1, -0.05) is 12.1 Å². The first-order valence-electron chi connectivity index (χ1n) is 6.76. The summed E-state index contributed by atoms with van der Waals surface area (Å²) in [7, 11) is 0. The van der Waals surface area contributed by atoms with E-state index < -0.39 is 10.8 Å². The van der Waals surface area contributed by atoms with Gasteiger partial charge in [0.2, 0.25) is 0 Å². The Morgan fingerprint density at radius 1 is 1.45 bits per heavy atom. The van der Waals surface area contributed by atoms with Crippen LogP contribution in [0.3, 0.4) is 0 Å². The molecule has 1 aliphatic carbocycles. The topological polar surface area (TPSA) is 113 Å². The highest BCUT2D eigenvalue weighted by molar-refractivity contribution is 5.93. The first kappa shape index (κ1) is 13.9. The molecule has 1 aliphatic rings. The van der Waals surface area contributed by atoms with Gasteiger partial charge in [0.05, 0.1) is 11.1 Å². The fraction of sp³-hybridized carbons (Fsp3) is 0.214. The van der Waals surface area contributed by atoms with Crippen molar-refractivity contribution in [3.8, 4) is 0 Å². The summed E-state index contributed by atoms with van der Waals surface area (Å²) in [4.78, 5) is 22.0. The Balaban J connectivity index is 1.62. The molecular formula is C14H13N5O3. The highest BCUT2D eigenvalue weighted by atomic mass is 16.6. The van der Waals surface area contributed by atoms with Crippen LogP contribution in [0.25, 0.3) is 0 Å². The van der Waals surface area contributed by atoms with Crippen molar-refractivity contribution in [3.05, 3.63) is 57.4 Å². The second-order valence-electron chi connectivity index (χ2n) is 5.03. The van der Waals surface area contributed by atoms with Gasteiger partial charge in [0, 0.05) is 29.3 Å². The van der Waals surface area contributed by atoms with Crippen molar-refractivity contribution >= 4 is 17.8 Å². The smallest absolute Gasteiger partial charge is 0.281 e. The van der Waals surface area contributed by atoms with E-state index in [0.29, 0.717) is 11.5 Å². The van der Waals surface area contributed by atoms with E-state index >= 15 is 0 Å². The average molecular weight is 299 g/mol. The second kappa shape index (κ2) is 5.76. The van der Waals surface area contributed by atoms with E-state index in [9.17, 15) is 14.9 Å². The summed E-state index contributed by atoms with van der Waals surface area (Å²) >= 11 is 0. The first-order valence-corrected chi connectivity index (χ1v) is 6.76. The maximum atomic E-state index is 11.9. The Morgan fingerprint density at radius 3 is 3.00 bits per heavy atom. The van der Waals surface area contributed by atoms with Gasteiger partial charge in [-0.05, 0) is 18.9 Å². The standard InChI is InChI=1S/C14H13N5O3/c20-14(13-7-12(16-17-13)10-4-5-10)18-15-8-9-2-1-3-11(6-9)19(21)22/h1-3,6-8,10H,4-5H2,(H,16,17)(H,18,20)/b15-8+. The molecule has 112 valence electrons. The fourth-order valence-electron chi connectivity index (χ4n) is 2.00. The van der Waals surface area contributed by atoms with Gasteiger partial charge in [-0.25, -0.2) is 5.43 Å². The van der Waals surface area contributed by atoms with Gasteiger partial charge >= 0.3 is 0 Å². The first-order chi connectivity index (χ1) is 10.6. The molecule has 0 radical (unpaired) electrons. The van der Waals surface area contributed by atoms with E-state index in [-0.39, 0.29) is 11.4 Å². The number of carbonyl (C=O) groups excluding carboxylic acids is 1. The minimum atomic E-state index is -0.487. The fourth-order valence-corrected chi connectivity index (χ4v) is 2.00. The SMILES string of the molecule is O=C(N/N=C/c1cccc([N+](=O)[O-])c1)c1cc(C2CC2)[nH]n1. The third-order valence-corrected chi connectivity index (χ3v) is 3.31. The number of hydrogen-bond acceptors (Lipinski definition) is 5. The van der Waals surface area contributed by atoms with Gasteiger partial charge < -0.3 is 0 Å². The highest BCUT2D eigenvalue weighted by Gasteiger charge is 2.26. The number of amides is 1. The molecule has 0 atom stereocenters. The molecule has 3 rings (SSSR count). The van der Waals surface area contributed by atoms with E-state index in [1.54, 1.807) is 18.2 Å². The summed E-state index contributed by atoms with van der Waals surface area (Å²) in [5.41, 5.74) is 4.08. The Kier molecular flexibility index (Phi) is 3.65. The number of nitro benzene ring substituents is 1. The lowest BCUT2D eigenvalue weighted by molar-refractivity contribution is -0.384. The number of hydrogen-bond donors (Lipinski definition) is 2. The minimum Gasteiger partial charge on any atom is -0.281 e. The Bertz CT molecular complexity index is 748. The summed E-state index contributed by atoms with van der Waals surface area (Å²) < 4.78 is 0. The van der Waals surface area contributed by atoms with Crippen molar-refractivity contribution in [3.63, 3.8) is 0 Å². The lowest BCUT2D eigenvalue weighted by Crippen LogP contribution is -2.18. The third kappa shape index (κ3) is 3.17. The second-order valence-corrected chi connectivity index (χ2v) is 5.03. The number of nitrogens with zero attached hydrogens (tertiary/aromatic N) is 3. The van der Waals surface area contributed by atoms with Crippen molar-refractivity contribution in [2.45, 2.75) is 18.8 Å². The monoisotopic (exact) mass is 299 g/mol. The number of aromatic amines is 1. The van der Waals surface area contributed by atoms with Crippen LogP contribution in [0.2, 0.25) is 0 Å². The maximum absolute atomic E-state index is 11.9.